The van der Waals surface area contributed by atoms with Crippen molar-refractivity contribution in [3.63, 3.8) is 0 Å². The Morgan fingerprint density at radius 1 is 0.971 bits per heavy atom. The maximum atomic E-state index is 10.9. The van der Waals surface area contributed by atoms with Crippen LogP contribution in [-0.2, 0) is 17.6 Å². The van der Waals surface area contributed by atoms with Crippen molar-refractivity contribution >= 4 is 34.8 Å². The first-order chi connectivity index (χ1) is 16.2. The van der Waals surface area contributed by atoms with Crippen LogP contribution in [0.3, 0.4) is 0 Å². The Labute approximate surface area is 208 Å². The highest BCUT2D eigenvalue weighted by Crippen LogP contribution is 2.41. The van der Waals surface area contributed by atoms with Crippen LogP contribution in [0, 0.1) is 0 Å². The van der Waals surface area contributed by atoms with Gasteiger partial charge in [-0.2, -0.15) is 0 Å². The van der Waals surface area contributed by atoms with Crippen molar-refractivity contribution in [3.8, 4) is 17.0 Å². The Kier molecular flexibility index (Phi) is 7.50. The second-order valence-corrected chi connectivity index (χ2v) is 9.09. The van der Waals surface area contributed by atoms with Crippen LogP contribution in [0.1, 0.15) is 27.5 Å². The number of fused-ring (bicyclic) bond motifs is 3. The van der Waals surface area contributed by atoms with Gasteiger partial charge in [0.2, 0.25) is 0 Å². The van der Waals surface area contributed by atoms with Crippen molar-refractivity contribution in [1.29, 1.82) is 0 Å². The molecular weight excluding hydrogens is 468 g/mol. The summed E-state index contributed by atoms with van der Waals surface area (Å²) < 4.78 is 5.53. The number of carboxylic acids is 1. The van der Waals surface area contributed by atoms with Gasteiger partial charge in [-0.25, -0.2) is 9.78 Å². The molecule has 3 aromatic carbocycles. The van der Waals surface area contributed by atoms with Crippen molar-refractivity contribution in [2.24, 2.45) is 0 Å². The van der Waals surface area contributed by atoms with Gasteiger partial charge in [-0.15, -0.1) is 23.7 Å². The maximum Gasteiger partial charge on any atom is 0.341 e. The molecule has 1 heterocycles. The van der Waals surface area contributed by atoms with Crippen molar-refractivity contribution in [2.75, 3.05) is 18.5 Å². The number of rotatable bonds is 8. The first-order valence-electron chi connectivity index (χ1n) is 11.0. The van der Waals surface area contributed by atoms with Crippen LogP contribution in [-0.4, -0.2) is 29.2 Å². The first kappa shape index (κ1) is 23.8. The number of aromatic nitrogens is 1. The molecule has 0 amide bonds. The number of halogens is 1. The Morgan fingerprint density at radius 2 is 1.65 bits per heavy atom. The minimum atomic E-state index is -0.976. The average molecular weight is 493 g/mol. The number of anilines is 1. The van der Waals surface area contributed by atoms with E-state index in [-0.39, 0.29) is 24.9 Å². The van der Waals surface area contributed by atoms with Crippen molar-refractivity contribution in [1.82, 2.24) is 4.98 Å². The van der Waals surface area contributed by atoms with Gasteiger partial charge in [-0.3, -0.25) is 0 Å². The highest BCUT2D eigenvalue weighted by atomic mass is 35.5. The second-order valence-electron chi connectivity index (χ2n) is 8.01. The lowest BCUT2D eigenvalue weighted by molar-refractivity contribution is -0.139. The maximum absolute atomic E-state index is 10.9. The summed E-state index contributed by atoms with van der Waals surface area (Å²) in [4.78, 5) is 17.1. The third kappa shape index (κ3) is 5.08. The van der Waals surface area contributed by atoms with Crippen LogP contribution in [0.4, 0.5) is 5.13 Å². The summed E-state index contributed by atoms with van der Waals surface area (Å²) in [6.07, 6.45) is 1.69. The SMILES string of the molecule is Cl.O=C(O)COc1cccc2c1CCc1sc(NCC(c3ccccc3)c3ccccc3)nc1-2. The molecule has 1 aromatic heterocycles. The van der Waals surface area contributed by atoms with E-state index in [0.717, 1.165) is 41.3 Å². The van der Waals surface area contributed by atoms with Gasteiger partial charge < -0.3 is 15.2 Å². The van der Waals surface area contributed by atoms with Gasteiger partial charge in [0.1, 0.15) is 5.75 Å². The number of hydrogen-bond donors (Lipinski definition) is 2. The summed E-state index contributed by atoms with van der Waals surface area (Å²) in [5.41, 5.74) is 5.58. The summed E-state index contributed by atoms with van der Waals surface area (Å²) in [5, 5.41) is 13.5. The predicted molar refractivity (Wildman–Crippen MR) is 139 cm³/mol. The van der Waals surface area contributed by atoms with E-state index in [1.54, 1.807) is 11.3 Å². The highest BCUT2D eigenvalue weighted by Gasteiger charge is 2.24. The molecule has 1 aliphatic carbocycles. The lowest BCUT2D eigenvalue weighted by Crippen LogP contribution is -2.14. The highest BCUT2D eigenvalue weighted by molar-refractivity contribution is 7.16. The third-order valence-electron chi connectivity index (χ3n) is 5.90. The molecule has 2 N–H and O–H groups in total. The third-order valence-corrected chi connectivity index (χ3v) is 6.97. The Bertz CT molecular complexity index is 1220. The minimum absolute atomic E-state index is 0. The van der Waals surface area contributed by atoms with Gasteiger partial charge >= 0.3 is 5.97 Å². The van der Waals surface area contributed by atoms with Gasteiger partial charge in [-0.05, 0) is 30.0 Å². The van der Waals surface area contributed by atoms with Crippen LogP contribution in [0.15, 0.2) is 78.9 Å². The zero-order valence-electron chi connectivity index (χ0n) is 18.4. The topological polar surface area (TPSA) is 71.5 Å². The molecular formula is C27H25ClN2O3S. The Hall–Kier alpha value is -3.35. The summed E-state index contributed by atoms with van der Waals surface area (Å²) in [5.74, 6) is -0.122. The molecule has 0 aliphatic heterocycles. The molecule has 5 rings (SSSR count). The molecule has 174 valence electrons. The number of thiazole rings is 1. The molecule has 4 aromatic rings. The van der Waals surface area contributed by atoms with E-state index in [1.165, 1.54) is 16.0 Å². The van der Waals surface area contributed by atoms with E-state index < -0.39 is 5.97 Å². The summed E-state index contributed by atoms with van der Waals surface area (Å²) in [6.45, 7) is 0.405. The number of aryl methyl sites for hydroxylation is 1. The smallest absolute Gasteiger partial charge is 0.341 e. The molecule has 5 nitrogen and oxygen atoms in total. The number of aliphatic carboxylic acids is 1. The average Bonchev–Trinajstić information content (AvgIpc) is 3.28. The summed E-state index contributed by atoms with van der Waals surface area (Å²) in [7, 11) is 0. The molecule has 0 spiro atoms. The van der Waals surface area contributed by atoms with Gasteiger partial charge in [0.05, 0.1) is 5.69 Å². The molecule has 7 heteroatoms. The molecule has 0 atom stereocenters. The van der Waals surface area contributed by atoms with E-state index in [4.69, 9.17) is 14.8 Å². The fraction of sp³-hybridized carbons (Fsp3) is 0.185. The molecule has 1 aliphatic rings. The molecule has 0 bridgehead atoms. The number of hydrogen-bond acceptors (Lipinski definition) is 5. The van der Waals surface area contributed by atoms with Gasteiger partial charge in [-0.1, -0.05) is 72.8 Å². The van der Waals surface area contributed by atoms with Gasteiger partial charge in [0.15, 0.2) is 11.7 Å². The van der Waals surface area contributed by atoms with Crippen molar-refractivity contribution < 1.29 is 14.6 Å². The van der Waals surface area contributed by atoms with Gasteiger partial charge in [0, 0.05) is 28.5 Å². The number of benzene rings is 3. The van der Waals surface area contributed by atoms with E-state index >= 15 is 0 Å². The second kappa shape index (κ2) is 10.7. The first-order valence-corrected chi connectivity index (χ1v) is 11.8. The number of ether oxygens (including phenoxy) is 1. The van der Waals surface area contributed by atoms with Crippen LogP contribution in [0.2, 0.25) is 0 Å². The van der Waals surface area contributed by atoms with E-state index in [9.17, 15) is 4.79 Å². The molecule has 0 saturated carbocycles. The van der Waals surface area contributed by atoms with E-state index in [0.29, 0.717) is 5.75 Å². The van der Waals surface area contributed by atoms with Crippen LogP contribution in [0.5, 0.6) is 5.75 Å². The summed E-state index contributed by atoms with van der Waals surface area (Å²) >= 11 is 1.70. The molecule has 0 unspecified atom stereocenters. The lowest BCUT2D eigenvalue weighted by atomic mass is 9.91. The number of nitrogens with one attached hydrogen (secondary N) is 1. The minimum Gasteiger partial charge on any atom is -0.482 e. The zero-order valence-corrected chi connectivity index (χ0v) is 20.1. The molecule has 0 saturated heterocycles. The summed E-state index contributed by atoms with van der Waals surface area (Å²) in [6, 6.07) is 26.8. The fourth-order valence-electron chi connectivity index (χ4n) is 4.35. The van der Waals surface area contributed by atoms with E-state index in [1.807, 2.05) is 30.3 Å². The normalized spacial score (nSPS) is 11.8. The lowest BCUT2D eigenvalue weighted by Gasteiger charge is -2.18. The molecule has 0 radical (unpaired) electrons. The quantitative estimate of drug-likeness (QED) is 0.314. The number of carbonyl (C=O) groups is 1. The number of carboxylic acid groups (broad SMARTS) is 1. The molecule has 34 heavy (non-hydrogen) atoms. The monoisotopic (exact) mass is 492 g/mol. The van der Waals surface area contributed by atoms with Crippen LogP contribution in [0.25, 0.3) is 11.3 Å². The largest absolute Gasteiger partial charge is 0.482 e. The zero-order chi connectivity index (χ0) is 22.6. The van der Waals surface area contributed by atoms with Crippen molar-refractivity contribution in [3.05, 3.63) is 100 Å². The van der Waals surface area contributed by atoms with Crippen LogP contribution >= 0.6 is 23.7 Å². The van der Waals surface area contributed by atoms with Crippen molar-refractivity contribution in [2.45, 2.75) is 18.8 Å². The van der Waals surface area contributed by atoms with Gasteiger partial charge in [0.25, 0.3) is 0 Å². The fourth-order valence-corrected chi connectivity index (χ4v) is 5.34. The Balaban J connectivity index is 0.00000274. The number of nitrogens with zero attached hydrogens (tertiary/aromatic N) is 1. The van der Waals surface area contributed by atoms with Crippen LogP contribution < -0.4 is 10.1 Å². The Morgan fingerprint density at radius 3 is 2.29 bits per heavy atom. The van der Waals surface area contributed by atoms with E-state index in [2.05, 4.69) is 53.8 Å². The standard InChI is InChI=1S/C27H24N2O3S.ClH/c30-25(31)17-32-23-13-7-12-21-20(23)14-15-24-26(21)29-27(33-24)28-16-22(18-8-3-1-4-9-18)19-10-5-2-6-11-19;/h1-13,22H,14-17H2,(H,28,29)(H,30,31);1H. The predicted octanol–water partition coefficient (Wildman–Crippen LogP) is 6.04. The molecule has 0 fully saturated rings.